The van der Waals surface area contributed by atoms with Crippen molar-refractivity contribution < 1.29 is 9.53 Å². The zero-order valence-electron chi connectivity index (χ0n) is 15.0. The molecule has 3 rings (SSSR count). The van der Waals surface area contributed by atoms with Crippen molar-refractivity contribution in [3.63, 3.8) is 0 Å². The number of likely N-dealkylation sites (tertiary alicyclic amines) is 1. The average Bonchev–Trinajstić information content (AvgIpc) is 3.09. The molecule has 1 unspecified atom stereocenters. The number of hydrogen-bond donors (Lipinski definition) is 1. The number of nitrogens with one attached hydrogen (secondary N) is 1. The van der Waals surface area contributed by atoms with E-state index >= 15 is 0 Å². The standard InChI is InChI=1S/C19H23BrN4O2/c1-13(2)26-17-8-4-3-7-16(17)18(25)24-9-5-6-15(24)12-23-19-21-10-14(20)11-22-19/h3-4,7-8,10-11,13,15H,5-6,9,12H2,1-2H3,(H,21,22,23). The third-order valence-electron chi connectivity index (χ3n) is 4.23. The van der Waals surface area contributed by atoms with E-state index in [0.29, 0.717) is 23.8 Å². The van der Waals surface area contributed by atoms with Crippen molar-refractivity contribution in [2.24, 2.45) is 0 Å². The maximum Gasteiger partial charge on any atom is 0.257 e. The molecule has 1 saturated heterocycles. The molecule has 1 amide bonds. The van der Waals surface area contributed by atoms with E-state index in [-0.39, 0.29) is 18.1 Å². The number of anilines is 1. The molecule has 26 heavy (non-hydrogen) atoms. The van der Waals surface area contributed by atoms with Gasteiger partial charge in [0.25, 0.3) is 5.91 Å². The lowest BCUT2D eigenvalue weighted by Crippen LogP contribution is -2.40. The van der Waals surface area contributed by atoms with Gasteiger partial charge < -0.3 is 15.0 Å². The van der Waals surface area contributed by atoms with Crippen LogP contribution in [0.4, 0.5) is 5.95 Å². The van der Waals surface area contributed by atoms with Crippen LogP contribution in [0.3, 0.4) is 0 Å². The van der Waals surface area contributed by atoms with Gasteiger partial charge in [-0.1, -0.05) is 12.1 Å². The van der Waals surface area contributed by atoms with E-state index < -0.39 is 0 Å². The predicted molar refractivity (Wildman–Crippen MR) is 104 cm³/mol. The number of ether oxygens (including phenoxy) is 1. The van der Waals surface area contributed by atoms with Crippen LogP contribution in [0.1, 0.15) is 37.0 Å². The topological polar surface area (TPSA) is 67.3 Å². The van der Waals surface area contributed by atoms with E-state index in [1.165, 1.54) is 0 Å². The lowest BCUT2D eigenvalue weighted by molar-refractivity contribution is 0.0737. The van der Waals surface area contributed by atoms with E-state index in [1.807, 2.05) is 43.0 Å². The summed E-state index contributed by atoms with van der Waals surface area (Å²) in [6.45, 7) is 5.30. The van der Waals surface area contributed by atoms with Gasteiger partial charge >= 0.3 is 0 Å². The van der Waals surface area contributed by atoms with Crippen LogP contribution >= 0.6 is 15.9 Å². The Morgan fingerprint density at radius 3 is 2.81 bits per heavy atom. The molecule has 1 aromatic heterocycles. The molecular formula is C19H23BrN4O2. The second-order valence-corrected chi connectivity index (χ2v) is 7.48. The number of carbonyl (C=O) groups excluding carboxylic acids is 1. The number of aromatic nitrogens is 2. The van der Waals surface area contributed by atoms with Crippen molar-refractivity contribution in [2.75, 3.05) is 18.4 Å². The molecule has 1 N–H and O–H groups in total. The highest BCUT2D eigenvalue weighted by Crippen LogP contribution is 2.26. The number of amides is 1. The zero-order chi connectivity index (χ0) is 18.5. The zero-order valence-corrected chi connectivity index (χ0v) is 16.6. The van der Waals surface area contributed by atoms with Crippen molar-refractivity contribution in [3.8, 4) is 5.75 Å². The highest BCUT2D eigenvalue weighted by molar-refractivity contribution is 9.10. The van der Waals surface area contributed by atoms with Gasteiger partial charge in [0.05, 0.1) is 16.1 Å². The summed E-state index contributed by atoms with van der Waals surface area (Å²) in [5.41, 5.74) is 0.619. The summed E-state index contributed by atoms with van der Waals surface area (Å²) >= 11 is 3.32. The second-order valence-electron chi connectivity index (χ2n) is 6.56. The Hall–Kier alpha value is -2.15. The minimum atomic E-state index is 0.0160. The van der Waals surface area contributed by atoms with Crippen LogP contribution in [0.25, 0.3) is 0 Å². The largest absolute Gasteiger partial charge is 0.490 e. The lowest BCUT2D eigenvalue weighted by Gasteiger charge is -2.26. The van der Waals surface area contributed by atoms with Gasteiger partial charge in [-0.05, 0) is 54.8 Å². The highest BCUT2D eigenvalue weighted by Gasteiger charge is 2.30. The molecule has 1 atom stereocenters. The number of rotatable bonds is 6. The number of para-hydroxylation sites is 1. The molecule has 0 saturated carbocycles. The van der Waals surface area contributed by atoms with Gasteiger partial charge in [-0.25, -0.2) is 9.97 Å². The van der Waals surface area contributed by atoms with Gasteiger partial charge in [0.15, 0.2) is 0 Å². The Kier molecular flexibility index (Phi) is 6.08. The summed E-state index contributed by atoms with van der Waals surface area (Å²) in [5, 5.41) is 3.23. The summed E-state index contributed by atoms with van der Waals surface area (Å²) in [7, 11) is 0. The third kappa shape index (κ3) is 4.52. The van der Waals surface area contributed by atoms with Crippen LogP contribution in [0.5, 0.6) is 5.75 Å². The molecule has 2 heterocycles. The van der Waals surface area contributed by atoms with Crippen molar-refractivity contribution in [3.05, 3.63) is 46.7 Å². The van der Waals surface area contributed by atoms with Gasteiger partial charge in [-0.15, -0.1) is 0 Å². The van der Waals surface area contributed by atoms with Crippen LogP contribution in [0, 0.1) is 0 Å². The van der Waals surface area contributed by atoms with E-state index in [2.05, 4.69) is 31.2 Å². The SMILES string of the molecule is CC(C)Oc1ccccc1C(=O)N1CCCC1CNc1ncc(Br)cn1. The van der Waals surface area contributed by atoms with Crippen LogP contribution in [-0.4, -0.2) is 46.0 Å². The van der Waals surface area contributed by atoms with Gasteiger partial charge in [-0.3, -0.25) is 4.79 Å². The smallest absolute Gasteiger partial charge is 0.257 e. The first kappa shape index (κ1) is 18.6. The molecule has 0 radical (unpaired) electrons. The van der Waals surface area contributed by atoms with Gasteiger partial charge in [0.1, 0.15) is 5.75 Å². The summed E-state index contributed by atoms with van der Waals surface area (Å²) in [4.78, 5) is 23.5. The van der Waals surface area contributed by atoms with Gasteiger partial charge in [0, 0.05) is 31.5 Å². The second kappa shape index (κ2) is 8.49. The molecule has 138 valence electrons. The Morgan fingerprint density at radius 1 is 1.35 bits per heavy atom. The Labute approximate surface area is 162 Å². The maximum atomic E-state index is 13.1. The summed E-state index contributed by atoms with van der Waals surface area (Å²) in [6, 6.07) is 7.57. The number of halogens is 1. The molecule has 1 aromatic carbocycles. The minimum absolute atomic E-state index is 0.0160. The molecule has 2 aromatic rings. The van der Waals surface area contributed by atoms with E-state index in [1.54, 1.807) is 12.4 Å². The average molecular weight is 419 g/mol. The fourth-order valence-corrected chi connectivity index (χ4v) is 3.29. The summed E-state index contributed by atoms with van der Waals surface area (Å²) in [6.07, 6.45) is 5.38. The molecule has 1 aliphatic heterocycles. The number of benzene rings is 1. The molecule has 6 nitrogen and oxygen atoms in total. The first-order valence-electron chi connectivity index (χ1n) is 8.82. The molecule has 0 aliphatic carbocycles. The molecule has 0 bridgehead atoms. The summed E-state index contributed by atoms with van der Waals surface area (Å²) in [5.74, 6) is 1.22. The van der Waals surface area contributed by atoms with Gasteiger partial charge in [0.2, 0.25) is 5.95 Å². The van der Waals surface area contributed by atoms with Crippen LogP contribution in [-0.2, 0) is 0 Å². The van der Waals surface area contributed by atoms with Crippen LogP contribution in [0.2, 0.25) is 0 Å². The Morgan fingerprint density at radius 2 is 2.08 bits per heavy atom. The Bertz CT molecular complexity index is 751. The first-order valence-corrected chi connectivity index (χ1v) is 9.62. The fourth-order valence-electron chi connectivity index (χ4n) is 3.08. The first-order chi connectivity index (χ1) is 12.5. The lowest BCUT2D eigenvalue weighted by atomic mass is 10.1. The fraction of sp³-hybridized carbons (Fsp3) is 0.421. The van der Waals surface area contributed by atoms with E-state index in [9.17, 15) is 4.79 Å². The number of carbonyl (C=O) groups is 1. The maximum absolute atomic E-state index is 13.1. The highest BCUT2D eigenvalue weighted by atomic mass is 79.9. The summed E-state index contributed by atoms with van der Waals surface area (Å²) < 4.78 is 6.65. The molecular weight excluding hydrogens is 396 g/mol. The predicted octanol–water partition coefficient (Wildman–Crippen LogP) is 3.74. The quantitative estimate of drug-likeness (QED) is 0.773. The molecule has 1 fully saturated rings. The monoisotopic (exact) mass is 418 g/mol. The molecule has 0 spiro atoms. The van der Waals surface area contributed by atoms with Crippen molar-refractivity contribution in [1.29, 1.82) is 0 Å². The van der Waals surface area contributed by atoms with E-state index in [0.717, 1.165) is 23.9 Å². The molecule has 1 aliphatic rings. The van der Waals surface area contributed by atoms with Crippen molar-refractivity contribution in [1.82, 2.24) is 14.9 Å². The third-order valence-corrected chi connectivity index (χ3v) is 4.64. The van der Waals surface area contributed by atoms with Crippen molar-refractivity contribution >= 4 is 27.8 Å². The van der Waals surface area contributed by atoms with Crippen molar-refractivity contribution in [2.45, 2.75) is 38.8 Å². The van der Waals surface area contributed by atoms with Crippen LogP contribution < -0.4 is 10.1 Å². The van der Waals surface area contributed by atoms with Gasteiger partial charge in [-0.2, -0.15) is 0 Å². The minimum Gasteiger partial charge on any atom is -0.490 e. The van der Waals surface area contributed by atoms with Crippen LogP contribution in [0.15, 0.2) is 41.1 Å². The number of hydrogen-bond acceptors (Lipinski definition) is 5. The molecule has 7 heteroatoms. The normalized spacial score (nSPS) is 16.8. The Balaban J connectivity index is 1.69. The van der Waals surface area contributed by atoms with E-state index in [4.69, 9.17) is 4.74 Å². The number of nitrogens with zero attached hydrogens (tertiary/aromatic N) is 3.